The molecule has 16 heavy (non-hydrogen) atoms. The second-order valence-electron chi connectivity index (χ2n) is 4.60. The molecule has 0 unspecified atom stereocenters. The van der Waals surface area contributed by atoms with E-state index in [1.54, 1.807) is 18.3 Å². The van der Waals surface area contributed by atoms with Gasteiger partial charge in [0.1, 0.15) is 5.82 Å². The Kier molecular flexibility index (Phi) is 3.82. The molecule has 0 fully saturated rings. The van der Waals surface area contributed by atoms with Crippen molar-refractivity contribution in [2.75, 3.05) is 5.32 Å². The third kappa shape index (κ3) is 3.85. The van der Waals surface area contributed by atoms with Crippen LogP contribution in [0.5, 0.6) is 0 Å². The lowest BCUT2D eigenvalue weighted by molar-refractivity contribution is -0.121. The summed E-state index contributed by atoms with van der Waals surface area (Å²) in [4.78, 5) is 11.5. The highest BCUT2D eigenvalue weighted by atomic mass is 19.1. The summed E-state index contributed by atoms with van der Waals surface area (Å²) in [5.41, 5.74) is 0.375. The Balaban J connectivity index is 2.55. The van der Waals surface area contributed by atoms with Crippen molar-refractivity contribution in [3.05, 3.63) is 42.4 Å². The summed E-state index contributed by atoms with van der Waals surface area (Å²) in [5.74, 6) is -0.234. The lowest BCUT2D eigenvalue weighted by Crippen LogP contribution is -2.17. The number of rotatable bonds is 3. The maximum Gasteiger partial charge on any atom is 0.162 e. The summed E-state index contributed by atoms with van der Waals surface area (Å²) in [7, 11) is 0. The van der Waals surface area contributed by atoms with Gasteiger partial charge in [0.05, 0.1) is 0 Å². The number of allylic oxidation sites excluding steroid dienone is 1. The van der Waals surface area contributed by atoms with Crippen LogP contribution in [0.2, 0.25) is 0 Å². The van der Waals surface area contributed by atoms with Crippen molar-refractivity contribution in [2.45, 2.75) is 20.8 Å². The smallest absolute Gasteiger partial charge is 0.162 e. The molecule has 0 spiro atoms. The Morgan fingerprint density at radius 3 is 2.31 bits per heavy atom. The van der Waals surface area contributed by atoms with Gasteiger partial charge in [0, 0.05) is 17.3 Å². The molecular formula is C13H16FNO. The maximum absolute atomic E-state index is 12.6. The first-order valence-electron chi connectivity index (χ1n) is 5.13. The van der Waals surface area contributed by atoms with Crippen molar-refractivity contribution >= 4 is 11.5 Å². The monoisotopic (exact) mass is 221 g/mol. The minimum atomic E-state index is -0.374. The summed E-state index contributed by atoms with van der Waals surface area (Å²) in [6.45, 7) is 5.58. The first-order valence-corrected chi connectivity index (χ1v) is 5.13. The SMILES string of the molecule is CC(C)(C)C(=O)/C=C\Nc1ccc(F)cc1. The predicted octanol–water partition coefficient (Wildman–Crippen LogP) is 3.37. The summed E-state index contributed by atoms with van der Waals surface area (Å²) in [6.07, 6.45) is 3.06. The van der Waals surface area contributed by atoms with Gasteiger partial charge in [0.15, 0.2) is 5.78 Å². The van der Waals surface area contributed by atoms with Crippen LogP contribution < -0.4 is 5.32 Å². The van der Waals surface area contributed by atoms with Gasteiger partial charge in [0.2, 0.25) is 0 Å². The molecule has 0 saturated carbocycles. The summed E-state index contributed by atoms with van der Waals surface area (Å²) in [6, 6.07) is 5.95. The average molecular weight is 221 g/mol. The fourth-order valence-corrected chi connectivity index (χ4v) is 1.01. The molecule has 0 radical (unpaired) electrons. The van der Waals surface area contributed by atoms with Gasteiger partial charge in [0.25, 0.3) is 0 Å². The highest BCUT2D eigenvalue weighted by molar-refractivity contribution is 5.94. The first kappa shape index (κ1) is 12.4. The van der Waals surface area contributed by atoms with Crippen LogP contribution in [0, 0.1) is 11.2 Å². The molecule has 0 bridgehead atoms. The quantitative estimate of drug-likeness (QED) is 0.793. The van der Waals surface area contributed by atoms with E-state index < -0.39 is 0 Å². The Morgan fingerprint density at radius 2 is 1.81 bits per heavy atom. The molecule has 1 N–H and O–H groups in total. The van der Waals surface area contributed by atoms with Crippen LogP contribution in [-0.2, 0) is 4.79 Å². The van der Waals surface area contributed by atoms with E-state index in [0.29, 0.717) is 0 Å². The van der Waals surface area contributed by atoms with E-state index in [9.17, 15) is 9.18 Å². The normalized spacial score (nSPS) is 11.8. The summed E-state index contributed by atoms with van der Waals surface area (Å²) >= 11 is 0. The van der Waals surface area contributed by atoms with Crippen molar-refractivity contribution in [1.82, 2.24) is 0 Å². The lowest BCUT2D eigenvalue weighted by Gasteiger charge is -2.12. The number of carbonyl (C=O) groups excluding carboxylic acids is 1. The molecule has 0 amide bonds. The van der Waals surface area contributed by atoms with Gasteiger partial charge < -0.3 is 5.32 Å². The Hall–Kier alpha value is -1.64. The third-order valence-electron chi connectivity index (χ3n) is 2.07. The first-order chi connectivity index (χ1) is 7.39. The number of hydrogen-bond acceptors (Lipinski definition) is 2. The minimum Gasteiger partial charge on any atom is -0.362 e. The predicted molar refractivity (Wildman–Crippen MR) is 63.6 cm³/mol. The fourth-order valence-electron chi connectivity index (χ4n) is 1.01. The fraction of sp³-hybridized carbons (Fsp3) is 0.308. The Bertz CT molecular complexity index is 387. The van der Waals surface area contributed by atoms with Gasteiger partial charge in [-0.05, 0) is 30.3 Å². The second kappa shape index (κ2) is 4.92. The van der Waals surface area contributed by atoms with Crippen LogP contribution in [0.25, 0.3) is 0 Å². The molecule has 0 aliphatic rings. The molecule has 1 aromatic rings. The topological polar surface area (TPSA) is 29.1 Å². The van der Waals surface area contributed by atoms with Crippen LogP contribution >= 0.6 is 0 Å². The van der Waals surface area contributed by atoms with Gasteiger partial charge in [-0.1, -0.05) is 20.8 Å². The number of anilines is 1. The van der Waals surface area contributed by atoms with E-state index >= 15 is 0 Å². The number of nitrogens with one attached hydrogen (secondary N) is 1. The van der Waals surface area contributed by atoms with Crippen LogP contribution in [0.1, 0.15) is 20.8 Å². The van der Waals surface area contributed by atoms with Gasteiger partial charge in [-0.15, -0.1) is 0 Å². The zero-order chi connectivity index (χ0) is 12.2. The summed E-state index contributed by atoms with van der Waals surface area (Å²) < 4.78 is 12.6. The highest BCUT2D eigenvalue weighted by Crippen LogP contribution is 2.15. The zero-order valence-electron chi connectivity index (χ0n) is 9.75. The van der Waals surface area contributed by atoms with Crippen molar-refractivity contribution in [2.24, 2.45) is 5.41 Å². The Labute approximate surface area is 95.2 Å². The van der Waals surface area contributed by atoms with E-state index in [-0.39, 0.29) is 17.0 Å². The van der Waals surface area contributed by atoms with Gasteiger partial charge >= 0.3 is 0 Å². The van der Waals surface area contributed by atoms with Crippen LogP contribution in [0.3, 0.4) is 0 Å². The molecule has 1 rings (SSSR count). The number of halogens is 1. The van der Waals surface area contributed by atoms with E-state index in [4.69, 9.17) is 0 Å². The molecule has 0 saturated heterocycles. The molecule has 0 aliphatic heterocycles. The lowest BCUT2D eigenvalue weighted by atomic mass is 9.91. The van der Waals surface area contributed by atoms with E-state index in [2.05, 4.69) is 5.32 Å². The molecule has 86 valence electrons. The number of ketones is 1. The zero-order valence-corrected chi connectivity index (χ0v) is 9.75. The molecule has 0 heterocycles. The minimum absolute atomic E-state index is 0.0436. The molecular weight excluding hydrogens is 205 g/mol. The molecule has 0 aromatic heterocycles. The standard InChI is InChI=1S/C13H16FNO/c1-13(2,3)12(16)8-9-15-11-6-4-10(14)5-7-11/h4-9,15H,1-3H3/b9-8-. The molecule has 0 aliphatic carbocycles. The van der Waals surface area contributed by atoms with Gasteiger partial charge in [-0.25, -0.2) is 4.39 Å². The molecule has 3 heteroatoms. The van der Waals surface area contributed by atoms with Gasteiger partial charge in [-0.3, -0.25) is 4.79 Å². The van der Waals surface area contributed by atoms with E-state index in [0.717, 1.165) is 5.69 Å². The Morgan fingerprint density at radius 1 is 1.25 bits per heavy atom. The molecule has 1 aromatic carbocycles. The van der Waals surface area contributed by atoms with E-state index in [1.165, 1.54) is 18.2 Å². The second-order valence-corrected chi connectivity index (χ2v) is 4.60. The number of hydrogen-bond donors (Lipinski definition) is 1. The largest absolute Gasteiger partial charge is 0.362 e. The average Bonchev–Trinajstić information content (AvgIpc) is 2.19. The molecule has 0 atom stereocenters. The van der Waals surface area contributed by atoms with Crippen LogP contribution in [0.4, 0.5) is 10.1 Å². The van der Waals surface area contributed by atoms with Gasteiger partial charge in [-0.2, -0.15) is 0 Å². The number of benzene rings is 1. The van der Waals surface area contributed by atoms with Crippen molar-refractivity contribution < 1.29 is 9.18 Å². The van der Waals surface area contributed by atoms with E-state index in [1.807, 2.05) is 20.8 Å². The van der Waals surface area contributed by atoms with Crippen molar-refractivity contribution in [1.29, 1.82) is 0 Å². The highest BCUT2D eigenvalue weighted by Gasteiger charge is 2.17. The number of carbonyl (C=O) groups is 1. The van der Waals surface area contributed by atoms with Crippen molar-refractivity contribution in [3.8, 4) is 0 Å². The summed E-state index contributed by atoms with van der Waals surface area (Å²) in [5, 5.41) is 2.91. The molecule has 2 nitrogen and oxygen atoms in total. The van der Waals surface area contributed by atoms with Crippen LogP contribution in [-0.4, -0.2) is 5.78 Å². The third-order valence-corrected chi connectivity index (χ3v) is 2.07. The van der Waals surface area contributed by atoms with Crippen molar-refractivity contribution in [3.63, 3.8) is 0 Å². The maximum atomic E-state index is 12.6. The van der Waals surface area contributed by atoms with Crippen LogP contribution in [0.15, 0.2) is 36.5 Å².